The number of halogens is 2. The number of hydrogen-bond acceptors (Lipinski definition) is 4. The van der Waals surface area contributed by atoms with Crippen molar-refractivity contribution in [3.05, 3.63) is 60.1 Å². The van der Waals surface area contributed by atoms with Gasteiger partial charge < -0.3 is 9.30 Å². The van der Waals surface area contributed by atoms with E-state index in [9.17, 15) is 17.2 Å². The third kappa shape index (κ3) is 3.38. The van der Waals surface area contributed by atoms with Crippen LogP contribution in [0.2, 0.25) is 0 Å². The van der Waals surface area contributed by atoms with Crippen molar-refractivity contribution < 1.29 is 21.9 Å². The number of ether oxygens (including phenoxy) is 1. The molecule has 0 atom stereocenters. The van der Waals surface area contributed by atoms with Gasteiger partial charge in [-0.25, -0.2) is 26.9 Å². The topological polar surface area (TPSA) is 73.2 Å². The summed E-state index contributed by atoms with van der Waals surface area (Å²) in [4.78, 5) is 4.60. The van der Waals surface area contributed by atoms with E-state index in [1.54, 1.807) is 0 Å². The lowest BCUT2D eigenvalue weighted by atomic mass is 10.1. The molecule has 0 fully saturated rings. The Balaban J connectivity index is 1.82. The first-order chi connectivity index (χ1) is 13.4. The van der Waals surface area contributed by atoms with Gasteiger partial charge in [0.1, 0.15) is 17.4 Å². The zero-order chi connectivity index (χ0) is 19.9. The molecule has 146 valence electrons. The summed E-state index contributed by atoms with van der Waals surface area (Å²) in [6.45, 7) is 0.833. The Bertz CT molecular complexity index is 1140. The number of fused-ring (bicyclic) bond motifs is 1. The van der Waals surface area contributed by atoms with Crippen molar-refractivity contribution in [1.29, 1.82) is 0 Å². The van der Waals surface area contributed by atoms with Crippen LogP contribution in [0.25, 0.3) is 11.3 Å². The van der Waals surface area contributed by atoms with Crippen LogP contribution in [0.3, 0.4) is 0 Å². The monoisotopic (exact) mass is 405 g/mol. The van der Waals surface area contributed by atoms with Gasteiger partial charge in [-0.2, -0.15) is 0 Å². The fourth-order valence-corrected chi connectivity index (χ4v) is 3.90. The second-order valence-electron chi connectivity index (χ2n) is 6.38. The van der Waals surface area contributed by atoms with Crippen LogP contribution in [-0.2, 0) is 23.0 Å². The number of rotatable bonds is 5. The Kier molecular flexibility index (Phi) is 4.64. The third-order valence-electron chi connectivity index (χ3n) is 4.58. The van der Waals surface area contributed by atoms with Gasteiger partial charge in [0, 0.05) is 30.8 Å². The lowest BCUT2D eigenvalue weighted by Crippen LogP contribution is -2.18. The molecule has 0 saturated carbocycles. The van der Waals surface area contributed by atoms with Crippen LogP contribution >= 0.6 is 0 Å². The fraction of sp³-hybridized carbons (Fsp3) is 0.211. The average molecular weight is 405 g/mol. The van der Waals surface area contributed by atoms with E-state index in [0.29, 0.717) is 11.3 Å². The third-order valence-corrected chi connectivity index (χ3v) is 5.99. The molecule has 9 heteroatoms. The minimum absolute atomic E-state index is 0.0325. The Morgan fingerprint density at radius 3 is 2.64 bits per heavy atom. The van der Waals surface area contributed by atoms with Crippen molar-refractivity contribution in [1.82, 2.24) is 14.3 Å². The second-order valence-corrected chi connectivity index (χ2v) is 8.27. The normalized spacial score (nSPS) is 13.5. The first-order valence-corrected chi connectivity index (χ1v) is 10.1. The van der Waals surface area contributed by atoms with Crippen LogP contribution in [0, 0.1) is 11.6 Å². The van der Waals surface area contributed by atoms with Gasteiger partial charge in [0.05, 0.1) is 10.6 Å². The smallest absolute Gasteiger partial charge is 0.240 e. The molecule has 0 saturated heterocycles. The molecular weight excluding hydrogens is 388 g/mol. The second kappa shape index (κ2) is 6.99. The van der Waals surface area contributed by atoms with E-state index in [1.807, 2.05) is 10.8 Å². The molecule has 2 heterocycles. The van der Waals surface area contributed by atoms with Crippen LogP contribution in [-0.4, -0.2) is 25.0 Å². The minimum Gasteiger partial charge on any atom is -0.454 e. The summed E-state index contributed by atoms with van der Waals surface area (Å²) in [5.41, 5.74) is 0.933. The molecule has 0 amide bonds. The summed E-state index contributed by atoms with van der Waals surface area (Å²) in [5.74, 6) is -0.622. The zero-order valence-corrected chi connectivity index (χ0v) is 15.8. The van der Waals surface area contributed by atoms with E-state index in [1.165, 1.54) is 31.3 Å². The van der Waals surface area contributed by atoms with Gasteiger partial charge in [-0.1, -0.05) is 0 Å². The zero-order valence-electron chi connectivity index (χ0n) is 14.9. The number of benzene rings is 2. The van der Waals surface area contributed by atoms with E-state index < -0.39 is 21.7 Å². The van der Waals surface area contributed by atoms with Gasteiger partial charge in [0.25, 0.3) is 0 Å². The number of imidazole rings is 1. The van der Waals surface area contributed by atoms with Crippen molar-refractivity contribution in [2.75, 3.05) is 7.05 Å². The van der Waals surface area contributed by atoms with Gasteiger partial charge in [0.2, 0.25) is 10.0 Å². The standard InChI is InChI=1S/C19H17F2N3O3S/c1-22-28(25,26)13-5-7-17(27-18-6-4-12(20)9-15(18)21)14(10-13)16-11-24-8-2-3-19(24)23-16/h4-7,9-11,22H,2-3,8H2,1H3. The van der Waals surface area contributed by atoms with E-state index in [4.69, 9.17) is 4.74 Å². The van der Waals surface area contributed by atoms with E-state index in [0.717, 1.165) is 37.3 Å². The first kappa shape index (κ1) is 18.6. The van der Waals surface area contributed by atoms with Crippen molar-refractivity contribution in [2.24, 2.45) is 0 Å². The molecule has 0 spiro atoms. The predicted octanol–water partition coefficient (Wildman–Crippen LogP) is 3.47. The Morgan fingerprint density at radius 1 is 1.14 bits per heavy atom. The number of aromatic nitrogens is 2. The van der Waals surface area contributed by atoms with Crippen LogP contribution in [0.1, 0.15) is 12.2 Å². The van der Waals surface area contributed by atoms with Crippen molar-refractivity contribution in [2.45, 2.75) is 24.3 Å². The molecule has 6 nitrogen and oxygen atoms in total. The highest BCUT2D eigenvalue weighted by atomic mass is 32.2. The summed E-state index contributed by atoms with van der Waals surface area (Å²) in [6, 6.07) is 7.21. The number of aryl methyl sites for hydroxylation is 2. The highest BCUT2D eigenvalue weighted by Crippen LogP contribution is 2.36. The predicted molar refractivity (Wildman–Crippen MR) is 98.7 cm³/mol. The molecule has 1 aliphatic heterocycles. The summed E-state index contributed by atoms with van der Waals surface area (Å²) >= 11 is 0. The number of nitrogens with zero attached hydrogens (tertiary/aromatic N) is 2. The first-order valence-electron chi connectivity index (χ1n) is 8.64. The molecule has 3 aromatic rings. The molecule has 1 N–H and O–H groups in total. The summed E-state index contributed by atoms with van der Waals surface area (Å²) < 4.78 is 61.5. The molecule has 1 aliphatic rings. The number of sulfonamides is 1. The number of hydrogen-bond donors (Lipinski definition) is 1. The van der Waals surface area contributed by atoms with Crippen molar-refractivity contribution in [3.63, 3.8) is 0 Å². The molecule has 4 rings (SSSR count). The molecule has 28 heavy (non-hydrogen) atoms. The highest BCUT2D eigenvalue weighted by molar-refractivity contribution is 7.89. The average Bonchev–Trinajstić information content (AvgIpc) is 3.26. The number of nitrogens with one attached hydrogen (secondary N) is 1. The van der Waals surface area contributed by atoms with Crippen molar-refractivity contribution in [3.8, 4) is 22.8 Å². The van der Waals surface area contributed by atoms with Crippen LogP contribution < -0.4 is 9.46 Å². The van der Waals surface area contributed by atoms with E-state index in [2.05, 4.69) is 9.71 Å². The molecule has 1 aromatic heterocycles. The largest absolute Gasteiger partial charge is 0.454 e. The molecule has 0 unspecified atom stereocenters. The molecule has 0 bridgehead atoms. The van der Waals surface area contributed by atoms with Crippen molar-refractivity contribution >= 4 is 10.0 Å². The summed E-state index contributed by atoms with van der Waals surface area (Å²) in [7, 11) is -2.37. The Hall–Kier alpha value is -2.78. The van der Waals surface area contributed by atoms with Gasteiger partial charge in [-0.3, -0.25) is 0 Å². The molecular formula is C19H17F2N3O3S. The quantitative estimate of drug-likeness (QED) is 0.705. The molecule has 2 aromatic carbocycles. The molecule has 0 aliphatic carbocycles. The Labute approximate surface area is 160 Å². The maximum Gasteiger partial charge on any atom is 0.240 e. The van der Waals surface area contributed by atoms with E-state index in [-0.39, 0.29) is 16.4 Å². The molecule has 0 radical (unpaired) electrons. The lowest BCUT2D eigenvalue weighted by Gasteiger charge is -2.13. The van der Waals surface area contributed by atoms with Crippen LogP contribution in [0.5, 0.6) is 11.5 Å². The lowest BCUT2D eigenvalue weighted by molar-refractivity contribution is 0.438. The van der Waals surface area contributed by atoms with Gasteiger partial charge in [-0.05, 0) is 43.8 Å². The fourth-order valence-electron chi connectivity index (χ4n) is 3.14. The maximum absolute atomic E-state index is 14.0. The summed E-state index contributed by atoms with van der Waals surface area (Å²) in [6.07, 6.45) is 3.65. The minimum atomic E-state index is -3.69. The van der Waals surface area contributed by atoms with E-state index >= 15 is 0 Å². The SMILES string of the molecule is CNS(=O)(=O)c1ccc(Oc2ccc(F)cc2F)c(-c2cn3c(n2)CCC3)c1. The summed E-state index contributed by atoms with van der Waals surface area (Å²) in [5, 5.41) is 0. The maximum atomic E-state index is 14.0. The Morgan fingerprint density at radius 2 is 1.93 bits per heavy atom. The van der Waals surface area contributed by atoms with Gasteiger partial charge >= 0.3 is 0 Å². The van der Waals surface area contributed by atoms with Gasteiger partial charge in [0.15, 0.2) is 11.6 Å². The highest BCUT2D eigenvalue weighted by Gasteiger charge is 2.21. The van der Waals surface area contributed by atoms with Crippen LogP contribution in [0.15, 0.2) is 47.5 Å². The van der Waals surface area contributed by atoms with Crippen LogP contribution in [0.4, 0.5) is 8.78 Å². The van der Waals surface area contributed by atoms with Gasteiger partial charge in [-0.15, -0.1) is 0 Å².